The Balaban J connectivity index is 1.98. The molecule has 1 aliphatic heterocycles. The minimum absolute atomic E-state index is 0.0153. The molecule has 11 heteroatoms. The number of amides is 3. The van der Waals surface area contributed by atoms with Gasteiger partial charge in [0.15, 0.2) is 6.17 Å². The second-order valence-corrected chi connectivity index (χ2v) is 7.95. The molecule has 0 aliphatic carbocycles. The quantitative estimate of drug-likeness (QED) is 0.634. The summed E-state index contributed by atoms with van der Waals surface area (Å²) in [7, 11) is 0. The SMILES string of the molecule is NCCNC(=O)C1N(C(=O)c2ccc(Cl)c(Cl)c2)CCCN1C(=O)c1cccnc1Cl. The van der Waals surface area contributed by atoms with E-state index in [-0.39, 0.29) is 47.5 Å². The van der Waals surface area contributed by atoms with Gasteiger partial charge >= 0.3 is 0 Å². The van der Waals surface area contributed by atoms with Crippen LogP contribution in [0.4, 0.5) is 0 Å². The van der Waals surface area contributed by atoms with Crippen LogP contribution in [0.2, 0.25) is 15.2 Å². The Morgan fingerprint density at radius 1 is 1.06 bits per heavy atom. The predicted molar refractivity (Wildman–Crippen MR) is 118 cm³/mol. The predicted octanol–water partition coefficient (Wildman–Crippen LogP) is 2.43. The fourth-order valence-electron chi connectivity index (χ4n) is 3.31. The molecule has 0 radical (unpaired) electrons. The molecule has 1 fully saturated rings. The van der Waals surface area contributed by atoms with Crippen LogP contribution in [0.1, 0.15) is 27.1 Å². The van der Waals surface area contributed by atoms with Gasteiger partial charge in [0.05, 0.1) is 15.6 Å². The van der Waals surface area contributed by atoms with Crippen LogP contribution in [0.25, 0.3) is 0 Å². The number of nitrogens with two attached hydrogens (primary N) is 1. The zero-order valence-electron chi connectivity index (χ0n) is 16.4. The van der Waals surface area contributed by atoms with Crippen molar-refractivity contribution >= 4 is 52.5 Å². The van der Waals surface area contributed by atoms with Crippen LogP contribution in [0.3, 0.4) is 0 Å². The third-order valence-electron chi connectivity index (χ3n) is 4.74. The average Bonchev–Trinajstić information content (AvgIpc) is 2.78. The first-order chi connectivity index (χ1) is 14.8. The molecular formula is C20H20Cl3N5O3. The molecule has 1 aromatic carbocycles. The van der Waals surface area contributed by atoms with Gasteiger partial charge in [-0.2, -0.15) is 0 Å². The van der Waals surface area contributed by atoms with E-state index in [1.54, 1.807) is 6.07 Å². The van der Waals surface area contributed by atoms with Crippen molar-refractivity contribution in [1.82, 2.24) is 20.1 Å². The highest BCUT2D eigenvalue weighted by molar-refractivity contribution is 6.42. The van der Waals surface area contributed by atoms with E-state index in [9.17, 15) is 14.4 Å². The van der Waals surface area contributed by atoms with E-state index >= 15 is 0 Å². The van der Waals surface area contributed by atoms with Gasteiger partial charge < -0.3 is 20.9 Å². The van der Waals surface area contributed by atoms with Gasteiger partial charge in [0.1, 0.15) is 5.15 Å². The highest BCUT2D eigenvalue weighted by Crippen LogP contribution is 2.26. The van der Waals surface area contributed by atoms with Crippen molar-refractivity contribution in [1.29, 1.82) is 0 Å². The van der Waals surface area contributed by atoms with Crippen LogP contribution < -0.4 is 11.1 Å². The lowest BCUT2D eigenvalue weighted by molar-refractivity contribution is -0.132. The number of hydrogen-bond donors (Lipinski definition) is 2. The fourth-order valence-corrected chi connectivity index (χ4v) is 3.81. The van der Waals surface area contributed by atoms with Gasteiger partial charge in [0, 0.05) is 37.9 Å². The van der Waals surface area contributed by atoms with E-state index in [1.165, 1.54) is 40.3 Å². The molecule has 3 rings (SSSR count). The van der Waals surface area contributed by atoms with Crippen molar-refractivity contribution in [2.24, 2.45) is 5.73 Å². The Labute approximate surface area is 194 Å². The minimum Gasteiger partial charge on any atom is -0.351 e. The molecule has 1 aliphatic rings. The molecule has 8 nitrogen and oxygen atoms in total. The first-order valence-electron chi connectivity index (χ1n) is 9.50. The smallest absolute Gasteiger partial charge is 0.263 e. The van der Waals surface area contributed by atoms with Crippen molar-refractivity contribution in [3.63, 3.8) is 0 Å². The molecule has 1 saturated heterocycles. The average molecular weight is 485 g/mol. The highest BCUT2D eigenvalue weighted by Gasteiger charge is 2.41. The molecule has 1 aromatic heterocycles. The highest BCUT2D eigenvalue weighted by atomic mass is 35.5. The number of nitrogens with zero attached hydrogens (tertiary/aromatic N) is 3. The second kappa shape index (κ2) is 10.3. The molecule has 0 spiro atoms. The summed E-state index contributed by atoms with van der Waals surface area (Å²) in [5.41, 5.74) is 5.89. The number of nitrogens with one attached hydrogen (secondary N) is 1. The Kier molecular flexibility index (Phi) is 7.72. The maximum atomic E-state index is 13.3. The zero-order valence-corrected chi connectivity index (χ0v) is 18.6. The van der Waals surface area contributed by atoms with Gasteiger partial charge in [-0.3, -0.25) is 14.4 Å². The van der Waals surface area contributed by atoms with Crippen LogP contribution in [0, 0.1) is 0 Å². The van der Waals surface area contributed by atoms with Crippen LogP contribution in [0.5, 0.6) is 0 Å². The van der Waals surface area contributed by atoms with E-state index in [0.29, 0.717) is 11.4 Å². The zero-order chi connectivity index (χ0) is 22.5. The summed E-state index contributed by atoms with van der Waals surface area (Å²) in [5.74, 6) is -1.48. The number of carbonyl (C=O) groups excluding carboxylic acids is 3. The molecule has 31 heavy (non-hydrogen) atoms. The van der Waals surface area contributed by atoms with Crippen LogP contribution in [0.15, 0.2) is 36.5 Å². The minimum atomic E-state index is -1.19. The molecule has 0 saturated carbocycles. The molecule has 164 valence electrons. The van der Waals surface area contributed by atoms with Crippen molar-refractivity contribution in [3.05, 3.63) is 62.9 Å². The molecule has 3 amide bonds. The van der Waals surface area contributed by atoms with Gasteiger partial charge in [0.25, 0.3) is 17.7 Å². The summed E-state index contributed by atoms with van der Waals surface area (Å²) < 4.78 is 0. The van der Waals surface area contributed by atoms with Crippen LogP contribution in [-0.2, 0) is 4.79 Å². The monoisotopic (exact) mass is 483 g/mol. The molecule has 3 N–H and O–H groups in total. The number of aromatic nitrogens is 1. The van der Waals surface area contributed by atoms with Gasteiger partial charge in [-0.25, -0.2) is 4.98 Å². The Morgan fingerprint density at radius 2 is 1.77 bits per heavy atom. The topological polar surface area (TPSA) is 109 Å². The summed E-state index contributed by atoms with van der Waals surface area (Å²) >= 11 is 18.1. The van der Waals surface area contributed by atoms with Crippen molar-refractivity contribution < 1.29 is 14.4 Å². The van der Waals surface area contributed by atoms with E-state index in [2.05, 4.69) is 10.3 Å². The van der Waals surface area contributed by atoms with E-state index in [0.717, 1.165) is 0 Å². The summed E-state index contributed by atoms with van der Waals surface area (Å²) in [6.07, 6.45) is 0.740. The molecule has 2 aromatic rings. The largest absolute Gasteiger partial charge is 0.351 e. The number of pyridine rings is 1. The molecule has 1 unspecified atom stereocenters. The van der Waals surface area contributed by atoms with E-state index in [1.807, 2.05) is 0 Å². The van der Waals surface area contributed by atoms with E-state index in [4.69, 9.17) is 40.5 Å². The van der Waals surface area contributed by atoms with Crippen molar-refractivity contribution in [2.75, 3.05) is 26.2 Å². The first-order valence-corrected chi connectivity index (χ1v) is 10.6. The maximum absolute atomic E-state index is 13.3. The standard InChI is InChI=1S/C20H20Cl3N5O3/c21-14-5-4-12(11-15(14)22)19(30)27-9-2-10-28(18(27)17(29)26-8-6-24)20(31)13-3-1-7-25-16(13)23/h1,3-5,7,11,18H,2,6,8-10,24H2,(H,26,29). The summed E-state index contributed by atoms with van der Waals surface area (Å²) in [6, 6.07) is 7.55. The third-order valence-corrected chi connectivity index (χ3v) is 5.78. The van der Waals surface area contributed by atoms with Crippen molar-refractivity contribution in [3.8, 4) is 0 Å². The maximum Gasteiger partial charge on any atom is 0.263 e. The number of hydrogen-bond acceptors (Lipinski definition) is 5. The van der Waals surface area contributed by atoms with Crippen LogP contribution >= 0.6 is 34.8 Å². The Hall–Kier alpha value is -2.39. The van der Waals surface area contributed by atoms with Gasteiger partial charge in [-0.05, 0) is 36.8 Å². The second-order valence-electron chi connectivity index (χ2n) is 6.77. The Morgan fingerprint density at radius 3 is 2.42 bits per heavy atom. The molecule has 0 bridgehead atoms. The number of carbonyl (C=O) groups is 3. The number of rotatable bonds is 5. The Bertz CT molecular complexity index is 1000. The molecule has 2 heterocycles. The summed E-state index contributed by atoms with van der Waals surface area (Å²) in [4.78, 5) is 46.1. The lowest BCUT2D eigenvalue weighted by Crippen LogP contribution is -2.63. The number of benzene rings is 1. The van der Waals surface area contributed by atoms with Crippen LogP contribution in [-0.4, -0.2) is 64.9 Å². The van der Waals surface area contributed by atoms with Gasteiger partial charge in [-0.1, -0.05) is 34.8 Å². The molecule has 1 atom stereocenters. The summed E-state index contributed by atoms with van der Waals surface area (Å²) in [6.45, 7) is 0.932. The van der Waals surface area contributed by atoms with Gasteiger partial charge in [-0.15, -0.1) is 0 Å². The first kappa shape index (κ1) is 23.3. The lowest BCUT2D eigenvalue weighted by atomic mass is 10.1. The third kappa shape index (κ3) is 5.10. The fraction of sp³-hybridized carbons (Fsp3) is 0.300. The van der Waals surface area contributed by atoms with Crippen molar-refractivity contribution in [2.45, 2.75) is 12.6 Å². The van der Waals surface area contributed by atoms with Gasteiger partial charge in [0.2, 0.25) is 0 Å². The number of halogens is 3. The lowest BCUT2D eigenvalue weighted by Gasteiger charge is -2.42. The molecular weight excluding hydrogens is 465 g/mol. The summed E-state index contributed by atoms with van der Waals surface area (Å²) in [5, 5.41) is 3.19. The van der Waals surface area contributed by atoms with E-state index < -0.39 is 23.9 Å². The normalized spacial score (nSPS) is 16.2.